The van der Waals surface area contributed by atoms with Crippen LogP contribution in [0.4, 0.5) is 0 Å². The first-order valence-corrected chi connectivity index (χ1v) is 6.90. The summed E-state index contributed by atoms with van der Waals surface area (Å²) in [5.74, 6) is 0.876. The first-order valence-electron chi connectivity index (χ1n) is 6.90. The van der Waals surface area contributed by atoms with Crippen molar-refractivity contribution in [3.05, 3.63) is 41.7 Å². The molecule has 0 bridgehead atoms. The van der Waals surface area contributed by atoms with Crippen molar-refractivity contribution in [1.82, 2.24) is 25.1 Å². The van der Waals surface area contributed by atoms with E-state index in [1.807, 2.05) is 30.0 Å². The van der Waals surface area contributed by atoms with E-state index in [1.165, 1.54) is 0 Å². The predicted molar refractivity (Wildman–Crippen MR) is 72.9 cm³/mol. The molecule has 0 saturated heterocycles. The number of hydrogen-bond acceptors (Lipinski definition) is 4. The number of rotatable bonds is 5. The number of H-pyrrole nitrogens is 1. The Kier molecular flexibility index (Phi) is 3.45. The molecular formula is C14H17N5O. The molecule has 2 aromatic heterocycles. The van der Waals surface area contributed by atoms with E-state index in [-0.39, 0.29) is 11.7 Å². The predicted octanol–water partition coefficient (Wildman–Crippen LogP) is 1.57. The third-order valence-electron chi connectivity index (χ3n) is 3.36. The Bertz CT molecular complexity index is 591. The zero-order chi connectivity index (χ0) is 13.9. The highest BCUT2D eigenvalue weighted by molar-refractivity contribution is 5.90. The Labute approximate surface area is 117 Å². The van der Waals surface area contributed by atoms with Crippen LogP contribution < -0.4 is 0 Å². The van der Waals surface area contributed by atoms with Crippen molar-refractivity contribution < 1.29 is 4.79 Å². The fraction of sp³-hybridized carbons (Fsp3) is 0.429. The molecule has 1 aliphatic rings. The molecule has 2 heterocycles. The lowest BCUT2D eigenvalue weighted by Gasteiger charge is -2.20. The Morgan fingerprint density at radius 1 is 1.45 bits per heavy atom. The number of carbonyl (C=O) groups is 1. The smallest absolute Gasteiger partial charge is 0.294 e. The Morgan fingerprint density at radius 2 is 2.30 bits per heavy atom. The van der Waals surface area contributed by atoms with E-state index in [4.69, 9.17) is 0 Å². The van der Waals surface area contributed by atoms with Gasteiger partial charge in [0.15, 0.2) is 0 Å². The minimum atomic E-state index is -0.117. The van der Waals surface area contributed by atoms with Crippen LogP contribution in [0.25, 0.3) is 0 Å². The molecule has 0 atom stereocenters. The third kappa shape index (κ3) is 2.68. The van der Waals surface area contributed by atoms with E-state index in [9.17, 15) is 4.79 Å². The molecule has 1 N–H and O–H groups in total. The highest BCUT2D eigenvalue weighted by atomic mass is 16.2. The number of aromatic amines is 1. The number of aryl methyl sites for hydroxylation is 1. The van der Waals surface area contributed by atoms with Crippen LogP contribution in [0.5, 0.6) is 0 Å². The van der Waals surface area contributed by atoms with Gasteiger partial charge >= 0.3 is 0 Å². The number of nitrogens with zero attached hydrogens (tertiary/aromatic N) is 4. The van der Waals surface area contributed by atoms with E-state index in [0.717, 1.165) is 30.8 Å². The molecule has 0 aromatic carbocycles. The SMILES string of the molecule is CCc1nc(C(=O)N(Cc2ccccn2)C2CC2)n[nH]1. The molecule has 6 heteroatoms. The first kappa shape index (κ1) is 12.8. The van der Waals surface area contributed by atoms with Crippen LogP contribution in [0.15, 0.2) is 24.4 Å². The quantitative estimate of drug-likeness (QED) is 0.895. The summed E-state index contributed by atoms with van der Waals surface area (Å²) >= 11 is 0. The van der Waals surface area contributed by atoms with Crippen molar-refractivity contribution in [2.24, 2.45) is 0 Å². The number of amides is 1. The van der Waals surface area contributed by atoms with E-state index < -0.39 is 0 Å². The first-order chi connectivity index (χ1) is 9.78. The molecule has 0 unspecified atom stereocenters. The van der Waals surface area contributed by atoms with Gasteiger partial charge in [0, 0.05) is 18.7 Å². The van der Waals surface area contributed by atoms with Gasteiger partial charge in [-0.1, -0.05) is 13.0 Å². The lowest BCUT2D eigenvalue weighted by molar-refractivity contribution is 0.0715. The van der Waals surface area contributed by atoms with Gasteiger partial charge in [0.25, 0.3) is 5.91 Å². The van der Waals surface area contributed by atoms with Gasteiger partial charge < -0.3 is 4.90 Å². The summed E-state index contributed by atoms with van der Waals surface area (Å²) in [6.45, 7) is 2.49. The minimum absolute atomic E-state index is 0.117. The number of aromatic nitrogens is 4. The van der Waals surface area contributed by atoms with Crippen molar-refractivity contribution in [2.75, 3.05) is 0 Å². The Balaban J connectivity index is 1.78. The monoisotopic (exact) mass is 271 g/mol. The fourth-order valence-corrected chi connectivity index (χ4v) is 2.10. The van der Waals surface area contributed by atoms with Crippen LogP contribution in [0.2, 0.25) is 0 Å². The third-order valence-corrected chi connectivity index (χ3v) is 3.36. The number of nitrogens with one attached hydrogen (secondary N) is 1. The molecule has 1 fully saturated rings. The normalized spacial score (nSPS) is 14.2. The molecule has 1 aliphatic carbocycles. The number of carbonyl (C=O) groups excluding carboxylic acids is 1. The molecule has 1 saturated carbocycles. The van der Waals surface area contributed by atoms with Gasteiger partial charge in [-0.15, -0.1) is 5.10 Å². The van der Waals surface area contributed by atoms with Gasteiger partial charge in [-0.2, -0.15) is 0 Å². The van der Waals surface area contributed by atoms with Gasteiger partial charge in [-0.25, -0.2) is 4.98 Å². The Hall–Kier alpha value is -2.24. The van der Waals surface area contributed by atoms with Crippen molar-refractivity contribution in [2.45, 2.75) is 38.8 Å². The zero-order valence-electron chi connectivity index (χ0n) is 11.4. The van der Waals surface area contributed by atoms with Crippen molar-refractivity contribution in [1.29, 1.82) is 0 Å². The standard InChI is InChI=1S/C14H17N5O/c1-2-12-16-13(18-17-12)14(20)19(11-6-7-11)9-10-5-3-4-8-15-10/h3-5,8,11H,2,6-7,9H2,1H3,(H,16,17,18). The van der Waals surface area contributed by atoms with Crippen LogP contribution >= 0.6 is 0 Å². The lowest BCUT2D eigenvalue weighted by Crippen LogP contribution is -2.33. The largest absolute Gasteiger partial charge is 0.327 e. The summed E-state index contributed by atoms with van der Waals surface area (Å²) in [6.07, 6.45) is 4.57. The summed E-state index contributed by atoms with van der Waals surface area (Å²) in [5, 5.41) is 6.80. The Morgan fingerprint density at radius 3 is 2.90 bits per heavy atom. The van der Waals surface area contributed by atoms with Crippen LogP contribution in [0.3, 0.4) is 0 Å². The van der Waals surface area contributed by atoms with Gasteiger partial charge in [-0.3, -0.25) is 14.9 Å². The molecule has 0 aliphatic heterocycles. The molecule has 0 spiro atoms. The average molecular weight is 271 g/mol. The lowest BCUT2D eigenvalue weighted by atomic mass is 10.3. The van der Waals surface area contributed by atoms with Crippen LogP contribution in [-0.4, -0.2) is 37.0 Å². The molecule has 6 nitrogen and oxygen atoms in total. The molecular weight excluding hydrogens is 254 g/mol. The van der Waals surface area contributed by atoms with E-state index in [2.05, 4.69) is 20.2 Å². The zero-order valence-corrected chi connectivity index (χ0v) is 11.4. The number of hydrogen-bond donors (Lipinski definition) is 1. The van der Waals surface area contributed by atoms with Crippen LogP contribution in [0, 0.1) is 0 Å². The molecule has 20 heavy (non-hydrogen) atoms. The van der Waals surface area contributed by atoms with Crippen LogP contribution in [0.1, 0.15) is 41.9 Å². The van der Waals surface area contributed by atoms with Crippen molar-refractivity contribution >= 4 is 5.91 Å². The average Bonchev–Trinajstić information content (AvgIpc) is 3.21. The second kappa shape index (κ2) is 5.40. The molecule has 3 rings (SSSR count). The maximum atomic E-state index is 12.5. The minimum Gasteiger partial charge on any atom is -0.327 e. The number of pyridine rings is 1. The summed E-state index contributed by atoms with van der Waals surface area (Å²) < 4.78 is 0. The topological polar surface area (TPSA) is 74.8 Å². The van der Waals surface area contributed by atoms with Crippen LogP contribution in [-0.2, 0) is 13.0 Å². The molecule has 104 valence electrons. The second-order valence-electron chi connectivity index (χ2n) is 4.94. The van der Waals surface area contributed by atoms with Gasteiger partial charge in [0.05, 0.1) is 12.2 Å². The maximum Gasteiger partial charge on any atom is 0.294 e. The highest BCUT2D eigenvalue weighted by Crippen LogP contribution is 2.29. The highest BCUT2D eigenvalue weighted by Gasteiger charge is 2.34. The van der Waals surface area contributed by atoms with E-state index >= 15 is 0 Å². The fourth-order valence-electron chi connectivity index (χ4n) is 2.10. The molecule has 0 radical (unpaired) electrons. The van der Waals surface area contributed by atoms with Crippen molar-refractivity contribution in [3.63, 3.8) is 0 Å². The van der Waals surface area contributed by atoms with E-state index in [1.54, 1.807) is 6.20 Å². The summed E-state index contributed by atoms with van der Waals surface area (Å²) in [5.41, 5.74) is 0.888. The van der Waals surface area contributed by atoms with Gasteiger partial charge in [-0.05, 0) is 25.0 Å². The summed E-state index contributed by atoms with van der Waals surface area (Å²) in [7, 11) is 0. The second-order valence-corrected chi connectivity index (χ2v) is 4.94. The summed E-state index contributed by atoms with van der Waals surface area (Å²) in [6, 6.07) is 6.03. The van der Waals surface area contributed by atoms with Gasteiger partial charge in [0.1, 0.15) is 5.82 Å². The maximum absolute atomic E-state index is 12.5. The van der Waals surface area contributed by atoms with E-state index in [0.29, 0.717) is 12.6 Å². The van der Waals surface area contributed by atoms with Gasteiger partial charge in [0.2, 0.25) is 5.82 Å². The van der Waals surface area contributed by atoms with Crippen molar-refractivity contribution in [3.8, 4) is 0 Å². The molecule has 2 aromatic rings. The summed E-state index contributed by atoms with van der Waals surface area (Å²) in [4.78, 5) is 22.8. The molecule has 1 amide bonds.